The number of nitrogens with two attached hydrogens (primary N) is 1. The molecule has 0 fully saturated rings. The first-order valence-electron chi connectivity index (χ1n) is 7.84. The molecule has 28 heavy (non-hydrogen) atoms. The zero-order chi connectivity index (χ0) is 20.1. The summed E-state index contributed by atoms with van der Waals surface area (Å²) in [7, 11) is -3.77. The van der Waals surface area contributed by atoms with Crippen LogP contribution in [0.4, 0.5) is 11.5 Å². The number of aromatic amines is 1. The number of benzene rings is 2. The van der Waals surface area contributed by atoms with Crippen LogP contribution in [0.1, 0.15) is 0 Å². The topological polar surface area (TPSA) is 158 Å². The number of H-pyrrole nitrogens is 1. The van der Waals surface area contributed by atoms with Crippen LogP contribution in [-0.4, -0.2) is 33.7 Å². The molecular formula is C17H14N6O4S. The number of nitro benzene ring substituents is 1. The molecule has 4 aromatic rings. The summed E-state index contributed by atoms with van der Waals surface area (Å²) < 4.78 is 23.8. The molecule has 0 atom stereocenters. The van der Waals surface area contributed by atoms with Gasteiger partial charge >= 0.3 is 0 Å². The lowest BCUT2D eigenvalue weighted by atomic mass is 10.2. The Kier molecular flexibility index (Phi) is 5.27. The molecule has 0 saturated carbocycles. The summed E-state index contributed by atoms with van der Waals surface area (Å²) in [5, 5.41) is 20.4. The second kappa shape index (κ2) is 7.80. The predicted molar refractivity (Wildman–Crippen MR) is 101 cm³/mol. The second-order valence-electron chi connectivity index (χ2n) is 5.49. The van der Waals surface area contributed by atoms with Crippen LogP contribution in [-0.2, 0) is 9.84 Å². The second-order valence-corrected chi connectivity index (χ2v) is 7.39. The number of non-ortho nitro benzene ring substituents is 1. The number of sulfone groups is 1. The molecule has 0 aliphatic carbocycles. The van der Waals surface area contributed by atoms with Gasteiger partial charge in [0.15, 0.2) is 0 Å². The number of nitro groups is 1. The Bertz CT molecular complexity index is 1210. The van der Waals surface area contributed by atoms with E-state index in [9.17, 15) is 18.5 Å². The molecule has 11 heteroatoms. The van der Waals surface area contributed by atoms with Gasteiger partial charge in [0.2, 0.25) is 14.9 Å². The van der Waals surface area contributed by atoms with Gasteiger partial charge in [0.1, 0.15) is 5.82 Å². The number of aromatic nitrogens is 4. The van der Waals surface area contributed by atoms with E-state index in [2.05, 4.69) is 20.4 Å². The highest BCUT2D eigenvalue weighted by Gasteiger charge is 2.21. The summed E-state index contributed by atoms with van der Waals surface area (Å²) in [6.45, 7) is 0. The quantitative estimate of drug-likeness (QED) is 0.393. The lowest BCUT2D eigenvalue weighted by molar-refractivity contribution is -0.384. The molecular weight excluding hydrogens is 384 g/mol. The zero-order valence-corrected chi connectivity index (χ0v) is 15.1. The van der Waals surface area contributed by atoms with Gasteiger partial charge in [-0.15, -0.1) is 5.10 Å². The summed E-state index contributed by atoms with van der Waals surface area (Å²) in [5.74, 6) is 0.573. The minimum absolute atomic E-state index is 0.0722. The van der Waals surface area contributed by atoms with Crippen LogP contribution in [0.5, 0.6) is 0 Å². The molecule has 0 aliphatic rings. The number of nitrogen functional groups attached to an aromatic ring is 1. The number of hydrogen-bond acceptors (Lipinski definition) is 8. The Morgan fingerprint density at radius 3 is 2.36 bits per heavy atom. The van der Waals surface area contributed by atoms with Gasteiger partial charge < -0.3 is 5.73 Å². The third-order valence-electron chi connectivity index (χ3n) is 3.65. The number of rotatable bonds is 3. The van der Waals surface area contributed by atoms with Crippen molar-refractivity contribution < 1.29 is 13.3 Å². The van der Waals surface area contributed by atoms with Gasteiger partial charge in [-0.3, -0.25) is 10.1 Å². The van der Waals surface area contributed by atoms with Gasteiger partial charge in [-0.2, -0.15) is 10.3 Å². The highest BCUT2D eigenvalue weighted by molar-refractivity contribution is 7.91. The van der Waals surface area contributed by atoms with Crippen molar-refractivity contribution in [3.8, 4) is 0 Å². The SMILES string of the molecule is Nc1ccc2ccccc2n1.O=[N+]([O-])c1ccc(S(=O)(=O)c2cn[nH]n2)cc1. The van der Waals surface area contributed by atoms with Gasteiger partial charge in [0.25, 0.3) is 5.69 Å². The molecule has 0 saturated heterocycles. The van der Waals surface area contributed by atoms with Crippen LogP contribution in [0.2, 0.25) is 0 Å². The number of anilines is 1. The Hall–Kier alpha value is -3.86. The monoisotopic (exact) mass is 398 g/mol. The molecule has 142 valence electrons. The number of para-hydroxylation sites is 1. The van der Waals surface area contributed by atoms with Crippen LogP contribution < -0.4 is 5.73 Å². The van der Waals surface area contributed by atoms with Gasteiger partial charge in [0, 0.05) is 17.5 Å². The molecule has 3 N–H and O–H groups in total. The largest absolute Gasteiger partial charge is 0.384 e. The fraction of sp³-hybridized carbons (Fsp3) is 0. The number of fused-ring (bicyclic) bond motifs is 1. The fourth-order valence-corrected chi connectivity index (χ4v) is 3.36. The fourth-order valence-electron chi connectivity index (χ4n) is 2.27. The third kappa shape index (κ3) is 4.10. The van der Waals surface area contributed by atoms with E-state index in [0.717, 1.165) is 41.4 Å². The first kappa shape index (κ1) is 18.9. The van der Waals surface area contributed by atoms with E-state index in [1.807, 2.05) is 36.4 Å². The van der Waals surface area contributed by atoms with Crippen molar-refractivity contribution in [2.24, 2.45) is 0 Å². The van der Waals surface area contributed by atoms with E-state index in [4.69, 9.17) is 5.73 Å². The molecule has 4 rings (SSSR count). The molecule has 0 unspecified atom stereocenters. The maximum Gasteiger partial charge on any atom is 0.269 e. The number of nitrogens with zero attached hydrogens (tertiary/aromatic N) is 4. The summed E-state index contributed by atoms with van der Waals surface area (Å²) in [5.41, 5.74) is 6.29. The van der Waals surface area contributed by atoms with Gasteiger partial charge in [0.05, 0.1) is 21.5 Å². The Labute approximate surface area is 159 Å². The van der Waals surface area contributed by atoms with Crippen LogP contribution >= 0.6 is 0 Å². The number of hydrogen-bond donors (Lipinski definition) is 2. The van der Waals surface area contributed by atoms with Crippen molar-refractivity contribution in [1.29, 1.82) is 0 Å². The summed E-state index contributed by atoms with van der Waals surface area (Å²) >= 11 is 0. The molecule has 10 nitrogen and oxygen atoms in total. The van der Waals surface area contributed by atoms with E-state index in [1.54, 1.807) is 0 Å². The molecule has 0 radical (unpaired) electrons. The van der Waals surface area contributed by atoms with E-state index >= 15 is 0 Å². The smallest absolute Gasteiger partial charge is 0.269 e. The zero-order valence-electron chi connectivity index (χ0n) is 14.3. The van der Waals surface area contributed by atoms with Crippen LogP contribution in [0.25, 0.3) is 10.9 Å². The van der Waals surface area contributed by atoms with E-state index in [1.165, 1.54) is 0 Å². The van der Waals surface area contributed by atoms with Crippen molar-refractivity contribution in [3.05, 3.63) is 77.0 Å². The van der Waals surface area contributed by atoms with Crippen molar-refractivity contribution in [1.82, 2.24) is 20.4 Å². The average molecular weight is 398 g/mol. The Morgan fingerprint density at radius 1 is 1.00 bits per heavy atom. The number of nitrogens with one attached hydrogen (secondary N) is 1. The lowest BCUT2D eigenvalue weighted by Crippen LogP contribution is -2.02. The van der Waals surface area contributed by atoms with Crippen molar-refractivity contribution in [2.45, 2.75) is 9.92 Å². The lowest BCUT2D eigenvalue weighted by Gasteiger charge is -1.99. The van der Waals surface area contributed by atoms with Crippen LogP contribution in [0, 0.1) is 10.1 Å². The minimum Gasteiger partial charge on any atom is -0.384 e. The van der Waals surface area contributed by atoms with Gasteiger partial charge in [-0.05, 0) is 30.3 Å². The highest BCUT2D eigenvalue weighted by Crippen LogP contribution is 2.20. The molecule has 0 bridgehead atoms. The minimum atomic E-state index is -3.77. The standard InChI is InChI=1S/C9H8N2.C8H6N4O4S/c10-9-6-5-7-3-1-2-4-8(7)11-9;13-12(14)6-1-3-7(4-2-6)17(15,16)8-5-9-11-10-8/h1-6H,(H2,10,11);1-5H,(H,9,10,11). The Balaban J connectivity index is 0.000000176. The van der Waals surface area contributed by atoms with Crippen LogP contribution in [0.15, 0.2) is 76.8 Å². The van der Waals surface area contributed by atoms with E-state index in [-0.39, 0.29) is 15.6 Å². The molecule has 2 heterocycles. The van der Waals surface area contributed by atoms with Crippen molar-refractivity contribution in [2.75, 3.05) is 5.73 Å². The van der Waals surface area contributed by atoms with E-state index in [0.29, 0.717) is 5.82 Å². The molecule has 0 aliphatic heterocycles. The maximum atomic E-state index is 11.9. The molecule has 2 aromatic carbocycles. The van der Waals surface area contributed by atoms with Gasteiger partial charge in [-0.1, -0.05) is 18.2 Å². The van der Waals surface area contributed by atoms with Crippen LogP contribution in [0.3, 0.4) is 0 Å². The normalized spacial score (nSPS) is 10.9. The Morgan fingerprint density at radius 2 is 1.71 bits per heavy atom. The maximum absolute atomic E-state index is 11.9. The first-order valence-corrected chi connectivity index (χ1v) is 9.33. The van der Waals surface area contributed by atoms with E-state index < -0.39 is 14.8 Å². The molecule has 0 amide bonds. The summed E-state index contributed by atoms with van der Waals surface area (Å²) in [4.78, 5) is 13.9. The number of pyridine rings is 1. The predicted octanol–water partition coefficient (Wildman–Crippen LogP) is 2.36. The molecule has 0 spiro atoms. The van der Waals surface area contributed by atoms with Gasteiger partial charge in [-0.25, -0.2) is 13.4 Å². The summed E-state index contributed by atoms with van der Waals surface area (Å²) in [6, 6.07) is 16.2. The average Bonchev–Trinajstić information content (AvgIpc) is 3.24. The summed E-state index contributed by atoms with van der Waals surface area (Å²) in [6.07, 6.45) is 1.07. The first-order chi connectivity index (χ1) is 13.4. The van der Waals surface area contributed by atoms with Crippen molar-refractivity contribution in [3.63, 3.8) is 0 Å². The molecule has 2 aromatic heterocycles. The highest BCUT2D eigenvalue weighted by atomic mass is 32.2. The van der Waals surface area contributed by atoms with Crippen molar-refractivity contribution >= 4 is 32.2 Å². The third-order valence-corrected chi connectivity index (χ3v) is 5.29.